The number of anilines is 1. The lowest BCUT2D eigenvalue weighted by molar-refractivity contribution is -0.122. The van der Waals surface area contributed by atoms with Crippen LogP contribution in [0.5, 0.6) is 11.5 Å². The molecule has 1 unspecified atom stereocenters. The van der Waals surface area contributed by atoms with E-state index in [4.69, 9.17) is 9.47 Å². The van der Waals surface area contributed by atoms with Crippen LogP contribution in [-0.2, 0) is 4.79 Å². The minimum Gasteiger partial charge on any atom is -0.497 e. The van der Waals surface area contributed by atoms with Crippen molar-refractivity contribution in [3.05, 3.63) is 59.0 Å². The van der Waals surface area contributed by atoms with Crippen LogP contribution in [0.4, 0.5) is 5.13 Å². The van der Waals surface area contributed by atoms with Crippen LogP contribution < -0.4 is 14.8 Å². The second-order valence-electron chi connectivity index (χ2n) is 6.22. The number of carbonyl (C=O) groups is 1. The van der Waals surface area contributed by atoms with Gasteiger partial charge in [0.2, 0.25) is 0 Å². The molecular formula is C21H22N2O3S. The second-order valence-corrected chi connectivity index (χ2v) is 7.42. The molecule has 2 aromatic carbocycles. The summed E-state index contributed by atoms with van der Waals surface area (Å²) in [5.41, 5.74) is 3.12. The fourth-order valence-electron chi connectivity index (χ4n) is 2.57. The number of benzene rings is 2. The predicted molar refractivity (Wildman–Crippen MR) is 109 cm³/mol. The van der Waals surface area contributed by atoms with Crippen molar-refractivity contribution in [2.75, 3.05) is 12.4 Å². The number of carbonyl (C=O) groups excluding carboxylic acids is 1. The molecule has 6 heteroatoms. The Balaban J connectivity index is 1.68. The van der Waals surface area contributed by atoms with E-state index < -0.39 is 6.10 Å². The van der Waals surface area contributed by atoms with Crippen molar-refractivity contribution in [2.45, 2.75) is 26.9 Å². The van der Waals surface area contributed by atoms with Gasteiger partial charge in [0.1, 0.15) is 11.5 Å². The maximum atomic E-state index is 12.5. The molecule has 1 amide bonds. The summed E-state index contributed by atoms with van der Waals surface area (Å²) in [5.74, 6) is 1.01. The Morgan fingerprint density at radius 3 is 2.52 bits per heavy atom. The molecule has 3 rings (SSSR count). The fraction of sp³-hybridized carbons (Fsp3) is 0.238. The number of ether oxygens (including phenoxy) is 2. The SMILES string of the molecule is COc1cccc(OC(C)C(=O)Nc2nc(-c3ccc(C)cc3)c(C)s2)c1. The number of rotatable bonds is 6. The topological polar surface area (TPSA) is 60.5 Å². The Bertz CT molecular complexity index is 935. The molecule has 0 aliphatic rings. The molecule has 0 spiro atoms. The number of methoxy groups -OCH3 is 1. The molecule has 0 radical (unpaired) electrons. The zero-order valence-corrected chi connectivity index (χ0v) is 16.6. The maximum absolute atomic E-state index is 12.5. The zero-order valence-electron chi connectivity index (χ0n) is 15.8. The molecule has 140 valence electrons. The average molecular weight is 382 g/mol. The van der Waals surface area contributed by atoms with Crippen molar-refractivity contribution >= 4 is 22.4 Å². The number of hydrogen-bond donors (Lipinski definition) is 1. The van der Waals surface area contributed by atoms with E-state index in [9.17, 15) is 4.79 Å². The summed E-state index contributed by atoms with van der Waals surface area (Å²) < 4.78 is 10.9. The van der Waals surface area contributed by atoms with Crippen molar-refractivity contribution in [1.82, 2.24) is 4.98 Å². The molecule has 1 atom stereocenters. The van der Waals surface area contributed by atoms with Crippen molar-refractivity contribution in [1.29, 1.82) is 0 Å². The van der Waals surface area contributed by atoms with Crippen molar-refractivity contribution in [3.8, 4) is 22.8 Å². The van der Waals surface area contributed by atoms with Crippen LogP contribution in [-0.4, -0.2) is 24.1 Å². The molecule has 1 heterocycles. The van der Waals surface area contributed by atoms with E-state index in [1.54, 1.807) is 26.2 Å². The number of nitrogens with one attached hydrogen (secondary N) is 1. The van der Waals surface area contributed by atoms with Crippen LogP contribution in [0, 0.1) is 13.8 Å². The quantitative estimate of drug-likeness (QED) is 0.663. The molecular weight excluding hydrogens is 360 g/mol. The maximum Gasteiger partial charge on any atom is 0.266 e. The Morgan fingerprint density at radius 1 is 1.11 bits per heavy atom. The summed E-state index contributed by atoms with van der Waals surface area (Å²) in [6, 6.07) is 15.4. The molecule has 27 heavy (non-hydrogen) atoms. The van der Waals surface area contributed by atoms with Gasteiger partial charge < -0.3 is 9.47 Å². The normalized spacial score (nSPS) is 11.7. The van der Waals surface area contributed by atoms with Gasteiger partial charge in [-0.3, -0.25) is 10.1 Å². The summed E-state index contributed by atoms with van der Waals surface area (Å²) in [4.78, 5) is 18.1. The Morgan fingerprint density at radius 2 is 1.81 bits per heavy atom. The first-order chi connectivity index (χ1) is 13.0. The number of amides is 1. The molecule has 0 saturated carbocycles. The smallest absolute Gasteiger partial charge is 0.266 e. The van der Waals surface area contributed by atoms with E-state index in [1.165, 1.54) is 16.9 Å². The molecule has 5 nitrogen and oxygen atoms in total. The molecule has 0 saturated heterocycles. The third-order valence-corrected chi connectivity index (χ3v) is 4.96. The third-order valence-electron chi connectivity index (χ3n) is 4.08. The van der Waals surface area contributed by atoms with Gasteiger partial charge >= 0.3 is 0 Å². The molecule has 0 aliphatic heterocycles. The van der Waals surface area contributed by atoms with Gasteiger partial charge in [-0.1, -0.05) is 35.9 Å². The highest BCUT2D eigenvalue weighted by Gasteiger charge is 2.18. The first kappa shape index (κ1) is 18.9. The van der Waals surface area contributed by atoms with E-state index in [0.29, 0.717) is 16.6 Å². The van der Waals surface area contributed by atoms with E-state index in [1.807, 2.05) is 38.1 Å². The zero-order chi connectivity index (χ0) is 19.4. The molecule has 0 bridgehead atoms. The number of aromatic nitrogens is 1. The Hall–Kier alpha value is -2.86. The highest BCUT2D eigenvalue weighted by molar-refractivity contribution is 7.16. The minimum absolute atomic E-state index is 0.248. The lowest BCUT2D eigenvalue weighted by atomic mass is 10.1. The summed E-state index contributed by atoms with van der Waals surface area (Å²) in [6.45, 7) is 5.75. The molecule has 0 aliphatic carbocycles. The van der Waals surface area contributed by atoms with Crippen LogP contribution in [0.2, 0.25) is 0 Å². The van der Waals surface area contributed by atoms with E-state index in [2.05, 4.69) is 22.4 Å². The van der Waals surface area contributed by atoms with Crippen LogP contribution in [0.3, 0.4) is 0 Å². The Kier molecular flexibility index (Phi) is 5.76. The van der Waals surface area contributed by atoms with Crippen molar-refractivity contribution in [3.63, 3.8) is 0 Å². The van der Waals surface area contributed by atoms with Gasteiger partial charge in [-0.25, -0.2) is 4.98 Å². The van der Waals surface area contributed by atoms with Crippen molar-refractivity contribution in [2.24, 2.45) is 0 Å². The largest absolute Gasteiger partial charge is 0.497 e. The second kappa shape index (κ2) is 8.22. The van der Waals surface area contributed by atoms with Gasteiger partial charge in [0.15, 0.2) is 11.2 Å². The first-order valence-corrected chi connectivity index (χ1v) is 9.44. The fourth-order valence-corrected chi connectivity index (χ4v) is 3.41. The predicted octanol–water partition coefficient (Wildman–Crippen LogP) is 4.84. The highest BCUT2D eigenvalue weighted by atomic mass is 32.1. The van der Waals surface area contributed by atoms with Gasteiger partial charge in [0.25, 0.3) is 5.91 Å². The summed E-state index contributed by atoms with van der Waals surface area (Å²) >= 11 is 1.45. The van der Waals surface area contributed by atoms with Gasteiger partial charge in [-0.15, -0.1) is 11.3 Å². The van der Waals surface area contributed by atoms with E-state index in [-0.39, 0.29) is 5.91 Å². The monoisotopic (exact) mass is 382 g/mol. The number of nitrogens with zero attached hydrogens (tertiary/aromatic N) is 1. The number of hydrogen-bond acceptors (Lipinski definition) is 5. The van der Waals surface area contributed by atoms with E-state index >= 15 is 0 Å². The minimum atomic E-state index is -0.663. The van der Waals surface area contributed by atoms with Gasteiger partial charge in [0, 0.05) is 16.5 Å². The average Bonchev–Trinajstić information content (AvgIpc) is 3.02. The van der Waals surface area contributed by atoms with Gasteiger partial charge in [0.05, 0.1) is 12.8 Å². The molecule has 1 aromatic heterocycles. The summed E-state index contributed by atoms with van der Waals surface area (Å²) in [7, 11) is 1.59. The van der Waals surface area contributed by atoms with Crippen molar-refractivity contribution < 1.29 is 14.3 Å². The van der Waals surface area contributed by atoms with Gasteiger partial charge in [-0.05, 0) is 32.9 Å². The van der Waals surface area contributed by atoms with Crippen LogP contribution in [0.1, 0.15) is 17.4 Å². The van der Waals surface area contributed by atoms with Crippen LogP contribution >= 0.6 is 11.3 Å². The standard InChI is InChI=1S/C21H22N2O3S/c1-13-8-10-16(11-9-13)19-15(3)27-21(22-19)23-20(24)14(2)26-18-7-5-6-17(12-18)25-4/h5-12,14H,1-4H3,(H,22,23,24). The molecule has 1 N–H and O–H groups in total. The lowest BCUT2D eigenvalue weighted by Gasteiger charge is -2.14. The van der Waals surface area contributed by atoms with Crippen LogP contribution in [0.25, 0.3) is 11.3 Å². The summed E-state index contributed by atoms with van der Waals surface area (Å²) in [5, 5.41) is 3.41. The molecule has 3 aromatic rings. The number of aryl methyl sites for hydroxylation is 2. The molecule has 0 fully saturated rings. The first-order valence-electron chi connectivity index (χ1n) is 8.62. The summed E-state index contributed by atoms with van der Waals surface area (Å²) in [6.07, 6.45) is -0.663. The Labute approximate surface area is 163 Å². The number of thiazole rings is 1. The van der Waals surface area contributed by atoms with E-state index in [0.717, 1.165) is 16.1 Å². The van der Waals surface area contributed by atoms with Crippen LogP contribution in [0.15, 0.2) is 48.5 Å². The third kappa shape index (κ3) is 4.65. The highest BCUT2D eigenvalue weighted by Crippen LogP contribution is 2.30. The lowest BCUT2D eigenvalue weighted by Crippen LogP contribution is -2.30. The van der Waals surface area contributed by atoms with Gasteiger partial charge in [-0.2, -0.15) is 0 Å².